The van der Waals surface area contributed by atoms with Crippen LogP contribution >= 0.6 is 21.6 Å². The lowest BCUT2D eigenvalue weighted by molar-refractivity contribution is -0.132. The Kier molecular flexibility index (Phi) is 9.15. The van der Waals surface area contributed by atoms with Crippen LogP contribution in [0.4, 0.5) is 0 Å². The molecule has 0 aromatic rings. The van der Waals surface area contributed by atoms with E-state index >= 15 is 0 Å². The molecule has 5 atom stereocenters. The number of carbonyl (C=O) groups is 2. The second kappa shape index (κ2) is 11.7. The molecule has 0 saturated heterocycles. The lowest BCUT2D eigenvalue weighted by atomic mass is 9.47. The molecule has 4 rings (SSSR count). The van der Waals surface area contributed by atoms with Gasteiger partial charge in [-0.25, -0.2) is 0 Å². The van der Waals surface area contributed by atoms with Crippen molar-refractivity contribution in [1.82, 2.24) is 0 Å². The van der Waals surface area contributed by atoms with E-state index in [9.17, 15) is 9.59 Å². The SMILES string of the molecule is CCCCCCCCCCSSC[C@]12CCC(=O)C=C1CC[C@@H]1[C@@H]2CC[C@]2(C)C(=O)CC[C@@H]12. The maximum Gasteiger partial charge on any atom is 0.155 e. The van der Waals surface area contributed by atoms with Crippen molar-refractivity contribution in [3.05, 3.63) is 11.6 Å². The van der Waals surface area contributed by atoms with Crippen LogP contribution in [-0.2, 0) is 9.59 Å². The van der Waals surface area contributed by atoms with E-state index in [-0.39, 0.29) is 10.8 Å². The van der Waals surface area contributed by atoms with Crippen molar-refractivity contribution in [2.75, 3.05) is 11.5 Å². The minimum Gasteiger partial charge on any atom is -0.299 e. The third-order valence-electron chi connectivity index (χ3n) is 9.88. The fourth-order valence-electron chi connectivity index (χ4n) is 7.90. The summed E-state index contributed by atoms with van der Waals surface area (Å²) >= 11 is 0. The van der Waals surface area contributed by atoms with Gasteiger partial charge in [-0.1, -0.05) is 86.0 Å². The summed E-state index contributed by atoms with van der Waals surface area (Å²) in [5, 5.41) is 0. The monoisotopic (exact) mass is 490 g/mol. The van der Waals surface area contributed by atoms with Crippen molar-refractivity contribution >= 4 is 33.2 Å². The zero-order valence-electron chi connectivity index (χ0n) is 21.2. The van der Waals surface area contributed by atoms with Gasteiger partial charge >= 0.3 is 0 Å². The second-order valence-electron chi connectivity index (χ2n) is 11.7. The van der Waals surface area contributed by atoms with E-state index < -0.39 is 0 Å². The van der Waals surface area contributed by atoms with Crippen LogP contribution in [0, 0.1) is 28.6 Å². The summed E-state index contributed by atoms with van der Waals surface area (Å²) in [7, 11) is 4.17. The zero-order chi connectivity index (χ0) is 23.3. The number of unbranched alkanes of at least 4 members (excludes halogenated alkanes) is 7. The minimum absolute atomic E-state index is 0.0491. The smallest absolute Gasteiger partial charge is 0.155 e. The van der Waals surface area contributed by atoms with Crippen LogP contribution in [0.5, 0.6) is 0 Å². The Balaban J connectivity index is 1.31. The Morgan fingerprint density at radius 3 is 2.39 bits per heavy atom. The Bertz CT molecular complexity index is 731. The first-order valence-corrected chi connectivity index (χ1v) is 16.5. The zero-order valence-corrected chi connectivity index (χ0v) is 22.8. The van der Waals surface area contributed by atoms with E-state index in [4.69, 9.17) is 0 Å². The number of allylic oxidation sites excluding steroid dienone is 1. The largest absolute Gasteiger partial charge is 0.299 e. The average molecular weight is 491 g/mol. The molecule has 0 N–H and O–H groups in total. The van der Waals surface area contributed by atoms with E-state index in [1.165, 1.54) is 81.3 Å². The molecule has 2 nitrogen and oxygen atoms in total. The number of Topliss-reactive ketones (excluding diaryl/α,β-unsaturated/α-hetero) is 1. The molecular weight excluding hydrogens is 444 g/mol. The van der Waals surface area contributed by atoms with Gasteiger partial charge < -0.3 is 0 Å². The first-order chi connectivity index (χ1) is 16.0. The van der Waals surface area contributed by atoms with E-state index in [2.05, 4.69) is 41.5 Å². The van der Waals surface area contributed by atoms with Gasteiger partial charge in [-0.15, -0.1) is 0 Å². The highest BCUT2D eigenvalue weighted by Gasteiger charge is 2.60. The van der Waals surface area contributed by atoms with Gasteiger partial charge in [0.1, 0.15) is 5.78 Å². The molecule has 0 amide bonds. The summed E-state index contributed by atoms with van der Waals surface area (Å²) in [5.41, 5.74) is 1.65. The topological polar surface area (TPSA) is 34.1 Å². The van der Waals surface area contributed by atoms with Gasteiger partial charge in [0, 0.05) is 35.2 Å². The first-order valence-electron chi connectivity index (χ1n) is 14.0. The van der Waals surface area contributed by atoms with Crippen LogP contribution in [0.2, 0.25) is 0 Å². The van der Waals surface area contributed by atoms with Crippen LogP contribution in [0.3, 0.4) is 0 Å². The lowest BCUT2D eigenvalue weighted by Crippen LogP contribution is -2.52. The molecule has 0 heterocycles. The molecule has 0 aromatic heterocycles. The van der Waals surface area contributed by atoms with Crippen LogP contribution in [0.15, 0.2) is 11.6 Å². The quantitative estimate of drug-likeness (QED) is 0.203. The number of carbonyl (C=O) groups excluding carboxylic acids is 2. The van der Waals surface area contributed by atoms with Gasteiger partial charge in [0.2, 0.25) is 0 Å². The van der Waals surface area contributed by atoms with Gasteiger partial charge in [0.15, 0.2) is 5.78 Å². The molecular formula is C29H46O2S2. The van der Waals surface area contributed by atoms with Crippen LogP contribution < -0.4 is 0 Å². The van der Waals surface area contributed by atoms with Crippen molar-refractivity contribution in [2.24, 2.45) is 28.6 Å². The first kappa shape index (κ1) is 25.9. The molecule has 3 saturated carbocycles. The van der Waals surface area contributed by atoms with Crippen molar-refractivity contribution in [1.29, 1.82) is 0 Å². The number of hydrogen-bond acceptors (Lipinski definition) is 4. The summed E-state index contributed by atoms with van der Waals surface area (Å²) in [4.78, 5) is 25.1. The molecule has 186 valence electrons. The molecule has 3 fully saturated rings. The molecule has 0 aromatic carbocycles. The average Bonchev–Trinajstić information content (AvgIpc) is 3.12. The molecule has 0 aliphatic heterocycles. The summed E-state index contributed by atoms with van der Waals surface area (Å²) < 4.78 is 0. The number of fused-ring (bicyclic) bond motifs is 5. The highest BCUT2D eigenvalue weighted by molar-refractivity contribution is 8.76. The van der Waals surface area contributed by atoms with E-state index in [0.717, 1.165) is 38.5 Å². The third-order valence-corrected chi connectivity index (χ3v) is 12.5. The van der Waals surface area contributed by atoms with Gasteiger partial charge in [-0.05, 0) is 68.8 Å². The van der Waals surface area contributed by atoms with Crippen molar-refractivity contribution < 1.29 is 9.59 Å². The fourth-order valence-corrected chi connectivity index (χ4v) is 10.8. The molecule has 33 heavy (non-hydrogen) atoms. The standard InChI is InChI=1S/C29H46O2S2/c1-3-4-5-6-7-8-9-10-19-32-33-21-29-18-15-23(30)20-22(29)11-12-24-25-13-14-27(31)28(25,2)17-16-26(24)29/h20,24-26H,3-19,21H2,1-2H3/t24-,25-,26-,28-,29+/m0/s1. The third kappa shape index (κ3) is 5.47. The minimum atomic E-state index is -0.0491. The Morgan fingerprint density at radius 1 is 0.848 bits per heavy atom. The van der Waals surface area contributed by atoms with Gasteiger partial charge in [-0.2, -0.15) is 0 Å². The predicted molar refractivity (Wildman–Crippen MR) is 144 cm³/mol. The van der Waals surface area contributed by atoms with Crippen molar-refractivity contribution in [3.8, 4) is 0 Å². The number of ketones is 2. The highest BCUT2D eigenvalue weighted by Crippen LogP contribution is 2.65. The van der Waals surface area contributed by atoms with Crippen LogP contribution in [0.1, 0.15) is 117 Å². The fraction of sp³-hybridized carbons (Fsp3) is 0.862. The van der Waals surface area contributed by atoms with E-state index in [0.29, 0.717) is 29.3 Å². The van der Waals surface area contributed by atoms with E-state index in [1.807, 2.05) is 0 Å². The number of hydrogen-bond donors (Lipinski definition) is 0. The second-order valence-corrected chi connectivity index (χ2v) is 14.3. The molecule has 0 bridgehead atoms. The van der Waals surface area contributed by atoms with Crippen molar-refractivity contribution in [2.45, 2.75) is 117 Å². The molecule has 4 heteroatoms. The predicted octanol–water partition coefficient (Wildman–Crippen LogP) is 8.59. The summed E-state index contributed by atoms with van der Waals surface area (Å²) in [6.45, 7) is 4.56. The molecule has 4 aliphatic rings. The lowest BCUT2D eigenvalue weighted by Gasteiger charge is -2.58. The normalized spacial score (nSPS) is 35.7. The molecule has 0 radical (unpaired) electrons. The van der Waals surface area contributed by atoms with Crippen LogP contribution in [-0.4, -0.2) is 23.1 Å². The number of rotatable bonds is 12. The van der Waals surface area contributed by atoms with Gasteiger partial charge in [0.05, 0.1) is 0 Å². The Hall–Kier alpha value is -0.220. The van der Waals surface area contributed by atoms with Crippen molar-refractivity contribution in [3.63, 3.8) is 0 Å². The van der Waals surface area contributed by atoms with E-state index in [1.54, 1.807) is 0 Å². The summed E-state index contributed by atoms with van der Waals surface area (Å²) in [6.07, 6.45) is 21.4. The summed E-state index contributed by atoms with van der Waals surface area (Å²) in [5.74, 6) is 5.30. The van der Waals surface area contributed by atoms with Gasteiger partial charge in [0.25, 0.3) is 0 Å². The molecule has 4 aliphatic carbocycles. The molecule has 0 unspecified atom stereocenters. The Morgan fingerprint density at radius 2 is 1.61 bits per heavy atom. The van der Waals surface area contributed by atoms with Crippen LogP contribution in [0.25, 0.3) is 0 Å². The van der Waals surface area contributed by atoms with Gasteiger partial charge in [-0.3, -0.25) is 9.59 Å². The maximum absolute atomic E-state index is 12.7. The maximum atomic E-state index is 12.7. The summed E-state index contributed by atoms with van der Waals surface area (Å²) in [6, 6.07) is 0. The Labute approximate surface area is 210 Å². The highest BCUT2D eigenvalue weighted by atomic mass is 33.1. The molecule has 0 spiro atoms.